The minimum absolute atomic E-state index is 0. The number of hydrogen-bond donors (Lipinski definition) is 2. The van der Waals surface area contributed by atoms with E-state index in [1.165, 1.54) is 0 Å². The van der Waals surface area contributed by atoms with E-state index in [-0.39, 0.29) is 16.5 Å². The van der Waals surface area contributed by atoms with Crippen LogP contribution in [0.3, 0.4) is 0 Å². The Hall–Kier alpha value is 0.0304. The van der Waals surface area contributed by atoms with E-state index in [1.54, 1.807) is 0 Å². The van der Waals surface area contributed by atoms with Crippen molar-refractivity contribution in [1.82, 2.24) is 0 Å². The van der Waals surface area contributed by atoms with Crippen LogP contribution in [0.1, 0.15) is 0 Å². The molecule has 0 spiro atoms. The van der Waals surface area contributed by atoms with Crippen LogP contribution in [0.15, 0.2) is 0 Å². The first-order valence-electron chi connectivity index (χ1n) is 1.93. The molecule has 0 amide bonds. The third-order valence-electron chi connectivity index (χ3n) is 0.167. The van der Waals surface area contributed by atoms with Gasteiger partial charge in [-0.15, -0.1) is 0 Å². The molecule has 0 fully saturated rings. The minimum atomic E-state index is -3.63. The van der Waals surface area contributed by atoms with Crippen LogP contribution >= 0.6 is 0 Å². The molecule has 58 valence electrons. The molecular weight excluding hydrogens is 187 g/mol. The summed E-state index contributed by atoms with van der Waals surface area (Å²) in [6.45, 7) is 1.19. The van der Waals surface area contributed by atoms with E-state index in [2.05, 4.69) is 0 Å². The summed E-state index contributed by atoms with van der Waals surface area (Å²) in [6.07, 6.45) is 0. The summed E-state index contributed by atoms with van der Waals surface area (Å²) in [6, 6.07) is 0. The van der Waals surface area contributed by atoms with Gasteiger partial charge in [-0.2, -0.15) is 0 Å². The molecule has 0 aliphatic heterocycles. The summed E-state index contributed by atoms with van der Waals surface area (Å²) in [5, 5.41) is 0. The number of nitrogens with two attached hydrogens (primary N) is 2. The SMILES string of the molecule is NCCN.O=[Si]([O-])[O-].[Ni+2]. The van der Waals surface area contributed by atoms with E-state index in [0.29, 0.717) is 13.1 Å². The monoisotopic (exact) mass is 194 g/mol. The Morgan fingerprint density at radius 2 is 1.33 bits per heavy atom. The molecule has 0 radical (unpaired) electrons. The molecule has 0 aromatic carbocycles. The van der Waals surface area contributed by atoms with Gasteiger partial charge < -0.3 is 25.5 Å². The van der Waals surface area contributed by atoms with Crippen LogP contribution in [-0.2, 0) is 21.0 Å². The van der Waals surface area contributed by atoms with Crippen molar-refractivity contribution >= 4 is 9.17 Å². The Kier molecular flexibility index (Phi) is 27.9. The van der Waals surface area contributed by atoms with Crippen LogP contribution in [-0.4, -0.2) is 22.3 Å². The first-order valence-corrected chi connectivity index (χ1v) is 3.15. The second kappa shape index (κ2) is 15.7. The maximum Gasteiger partial charge on any atom is 2.00 e. The molecule has 0 unspecified atom stereocenters. The Morgan fingerprint density at radius 3 is 1.33 bits per heavy atom. The third kappa shape index (κ3) is 275. The molecular formula is C2H8N2NiO3Si. The molecule has 5 nitrogen and oxygen atoms in total. The Labute approximate surface area is 64.9 Å². The van der Waals surface area contributed by atoms with Gasteiger partial charge in [0, 0.05) is 22.3 Å². The van der Waals surface area contributed by atoms with Gasteiger partial charge in [0.2, 0.25) is 0 Å². The predicted octanol–water partition coefficient (Wildman–Crippen LogP) is -3.98. The van der Waals surface area contributed by atoms with Crippen molar-refractivity contribution in [2.45, 2.75) is 0 Å². The molecule has 9 heavy (non-hydrogen) atoms. The van der Waals surface area contributed by atoms with Gasteiger partial charge in [-0.1, -0.05) is 0 Å². The normalized spacial score (nSPS) is 6.00. The van der Waals surface area contributed by atoms with E-state index < -0.39 is 9.17 Å². The summed E-state index contributed by atoms with van der Waals surface area (Å²) in [5.74, 6) is 0. The van der Waals surface area contributed by atoms with Crippen molar-refractivity contribution in [3.63, 3.8) is 0 Å². The summed E-state index contributed by atoms with van der Waals surface area (Å²) in [5.41, 5.74) is 9.81. The van der Waals surface area contributed by atoms with Crippen molar-refractivity contribution in [3.05, 3.63) is 0 Å². The van der Waals surface area contributed by atoms with Crippen molar-refractivity contribution in [2.24, 2.45) is 11.5 Å². The van der Waals surface area contributed by atoms with Crippen molar-refractivity contribution in [3.8, 4) is 0 Å². The van der Waals surface area contributed by atoms with E-state index >= 15 is 0 Å². The maximum atomic E-state index is 8.52. The van der Waals surface area contributed by atoms with Crippen molar-refractivity contribution in [2.75, 3.05) is 13.1 Å². The van der Waals surface area contributed by atoms with Crippen LogP contribution in [0.4, 0.5) is 0 Å². The van der Waals surface area contributed by atoms with Gasteiger partial charge in [-0.25, -0.2) is 0 Å². The van der Waals surface area contributed by atoms with Gasteiger partial charge in [-0.3, -0.25) is 0 Å². The molecule has 0 heterocycles. The Morgan fingerprint density at radius 1 is 1.22 bits per heavy atom. The van der Waals surface area contributed by atoms with Gasteiger partial charge >= 0.3 is 16.5 Å². The van der Waals surface area contributed by atoms with Crippen LogP contribution in [0, 0.1) is 0 Å². The van der Waals surface area contributed by atoms with Gasteiger partial charge in [0.05, 0.1) is 0 Å². The van der Waals surface area contributed by atoms with Crippen LogP contribution in [0.2, 0.25) is 0 Å². The second-order valence-corrected chi connectivity index (χ2v) is 1.33. The molecule has 0 bridgehead atoms. The fourth-order valence-corrected chi connectivity index (χ4v) is 0. The van der Waals surface area contributed by atoms with Crippen molar-refractivity contribution < 1.29 is 30.5 Å². The van der Waals surface area contributed by atoms with Crippen LogP contribution in [0.25, 0.3) is 0 Å². The summed E-state index contributed by atoms with van der Waals surface area (Å²) in [7, 11) is -3.63. The quantitative estimate of drug-likeness (QED) is 0.414. The summed E-state index contributed by atoms with van der Waals surface area (Å²) in [4.78, 5) is 17.0. The third-order valence-corrected chi connectivity index (χ3v) is 0.167. The fraction of sp³-hybridized carbons (Fsp3) is 1.00. The zero-order valence-electron chi connectivity index (χ0n) is 4.61. The predicted molar refractivity (Wildman–Crippen MR) is 24.5 cm³/mol. The van der Waals surface area contributed by atoms with Crippen LogP contribution < -0.4 is 21.1 Å². The maximum absolute atomic E-state index is 8.52. The molecule has 0 saturated carbocycles. The van der Waals surface area contributed by atoms with Gasteiger partial charge in [0.25, 0.3) is 0 Å². The average Bonchev–Trinajstić information content (AvgIpc) is 1.65. The Bertz CT molecular complexity index is 57.8. The molecule has 0 aromatic heterocycles. The molecule has 7 heteroatoms. The fourth-order valence-electron chi connectivity index (χ4n) is 0. The van der Waals surface area contributed by atoms with Gasteiger partial charge in [-0.05, 0) is 0 Å². The molecule has 0 rings (SSSR count). The zero-order valence-corrected chi connectivity index (χ0v) is 6.60. The molecule has 0 saturated heterocycles. The molecule has 0 atom stereocenters. The minimum Gasteiger partial charge on any atom is -0.672 e. The second-order valence-electron chi connectivity index (χ2n) is 0.827. The van der Waals surface area contributed by atoms with E-state index in [1.807, 2.05) is 0 Å². The summed E-state index contributed by atoms with van der Waals surface area (Å²) >= 11 is 0. The zero-order chi connectivity index (χ0) is 6.99. The molecule has 4 N–H and O–H groups in total. The molecule has 0 aliphatic carbocycles. The standard InChI is InChI=1S/C2H8N2.Ni.O3Si/c3-1-2-4;;1-4(2)3/h1-4H2;;/q;+2;-2. The topological polar surface area (TPSA) is 115 Å². The van der Waals surface area contributed by atoms with E-state index in [9.17, 15) is 0 Å². The first-order chi connectivity index (χ1) is 3.65. The first kappa shape index (κ1) is 16.0. The van der Waals surface area contributed by atoms with E-state index in [4.69, 9.17) is 25.5 Å². The van der Waals surface area contributed by atoms with Crippen molar-refractivity contribution in [1.29, 1.82) is 0 Å². The smallest absolute Gasteiger partial charge is 0.672 e. The largest absolute Gasteiger partial charge is 2.00 e. The van der Waals surface area contributed by atoms with Crippen LogP contribution in [0.5, 0.6) is 0 Å². The average molecular weight is 195 g/mol. The van der Waals surface area contributed by atoms with Gasteiger partial charge in [0.1, 0.15) is 0 Å². The number of hydrogen-bond acceptors (Lipinski definition) is 5. The Balaban J connectivity index is -0.0000000720. The summed E-state index contributed by atoms with van der Waals surface area (Å²) < 4.78 is 8.52. The van der Waals surface area contributed by atoms with E-state index in [0.717, 1.165) is 0 Å². The molecule has 0 aliphatic rings. The van der Waals surface area contributed by atoms with Gasteiger partial charge in [0.15, 0.2) is 0 Å². The molecule has 0 aromatic rings. The number of rotatable bonds is 1.